The van der Waals surface area contributed by atoms with Gasteiger partial charge < -0.3 is 10.2 Å². The molecule has 132 valence electrons. The van der Waals surface area contributed by atoms with Crippen molar-refractivity contribution in [1.29, 1.82) is 0 Å². The van der Waals surface area contributed by atoms with Crippen LogP contribution in [0.5, 0.6) is 0 Å². The van der Waals surface area contributed by atoms with Crippen LogP contribution in [0.4, 0.5) is 0 Å². The first kappa shape index (κ1) is 17.9. The summed E-state index contributed by atoms with van der Waals surface area (Å²) in [5.74, 6) is -0.0553. The molecule has 1 N–H and O–H groups in total. The Bertz CT molecular complexity index is 827. The lowest BCUT2D eigenvalue weighted by Crippen LogP contribution is -2.35. The van der Waals surface area contributed by atoms with E-state index in [2.05, 4.69) is 22.3 Å². The highest BCUT2D eigenvalue weighted by Gasteiger charge is 2.16. The van der Waals surface area contributed by atoms with E-state index >= 15 is 0 Å². The molecule has 0 heterocycles. The predicted octanol–water partition coefficient (Wildman–Crippen LogP) is 4.39. The van der Waals surface area contributed by atoms with Crippen LogP contribution < -0.4 is 5.32 Å². The minimum Gasteiger partial charge on any atom is -0.344 e. The fourth-order valence-electron chi connectivity index (χ4n) is 2.97. The Morgan fingerprint density at radius 3 is 1.92 bits per heavy atom. The van der Waals surface area contributed by atoms with Gasteiger partial charge in [0.1, 0.15) is 0 Å². The molecule has 3 heteroatoms. The molecule has 3 rings (SSSR count). The third-order valence-corrected chi connectivity index (χ3v) is 4.31. The maximum Gasteiger partial charge on any atom is 0.251 e. The second-order valence-electron chi connectivity index (χ2n) is 6.64. The van der Waals surface area contributed by atoms with Crippen LogP contribution in [0.2, 0.25) is 0 Å². The fourth-order valence-corrected chi connectivity index (χ4v) is 2.97. The Labute approximate surface area is 155 Å². The van der Waals surface area contributed by atoms with Gasteiger partial charge in [-0.05, 0) is 42.9 Å². The van der Waals surface area contributed by atoms with Crippen LogP contribution in [0.25, 0.3) is 11.1 Å². The van der Waals surface area contributed by atoms with Crippen molar-refractivity contribution in [1.82, 2.24) is 10.2 Å². The van der Waals surface area contributed by atoms with E-state index in [0.717, 1.165) is 23.2 Å². The third-order valence-electron chi connectivity index (χ3n) is 4.31. The molecule has 0 aliphatic heterocycles. The van der Waals surface area contributed by atoms with E-state index < -0.39 is 0 Å². The molecule has 3 aromatic carbocycles. The van der Waals surface area contributed by atoms with Gasteiger partial charge >= 0.3 is 0 Å². The number of likely N-dealkylation sites (N-methyl/N-ethyl adjacent to an activating group) is 1. The molecule has 0 spiro atoms. The Hall–Kier alpha value is -2.91. The van der Waals surface area contributed by atoms with Crippen molar-refractivity contribution < 1.29 is 4.79 Å². The lowest BCUT2D eigenvalue weighted by atomic mass is 10.0. The molecule has 0 bridgehead atoms. The zero-order chi connectivity index (χ0) is 18.4. The highest BCUT2D eigenvalue weighted by atomic mass is 16.1. The van der Waals surface area contributed by atoms with Gasteiger partial charge in [0.05, 0.1) is 6.04 Å². The van der Waals surface area contributed by atoms with Crippen LogP contribution in [0.15, 0.2) is 84.9 Å². The smallest absolute Gasteiger partial charge is 0.251 e. The number of hydrogen-bond donors (Lipinski definition) is 1. The van der Waals surface area contributed by atoms with Gasteiger partial charge in [-0.3, -0.25) is 4.79 Å². The molecule has 1 amide bonds. The van der Waals surface area contributed by atoms with E-state index in [4.69, 9.17) is 0 Å². The minimum absolute atomic E-state index is 0.0486. The number of nitrogens with one attached hydrogen (secondary N) is 1. The summed E-state index contributed by atoms with van der Waals surface area (Å²) in [7, 11) is 4.02. The van der Waals surface area contributed by atoms with E-state index in [0.29, 0.717) is 5.56 Å². The Morgan fingerprint density at radius 2 is 1.35 bits per heavy atom. The zero-order valence-corrected chi connectivity index (χ0v) is 15.2. The summed E-state index contributed by atoms with van der Waals surface area (Å²) in [5, 5.41) is 3.16. The summed E-state index contributed by atoms with van der Waals surface area (Å²) < 4.78 is 0. The van der Waals surface area contributed by atoms with Crippen molar-refractivity contribution in [2.75, 3.05) is 20.6 Å². The third kappa shape index (κ3) is 4.58. The van der Waals surface area contributed by atoms with Crippen molar-refractivity contribution in [2.45, 2.75) is 6.04 Å². The summed E-state index contributed by atoms with van der Waals surface area (Å²) >= 11 is 0. The van der Waals surface area contributed by atoms with E-state index in [-0.39, 0.29) is 11.9 Å². The second kappa shape index (κ2) is 8.45. The predicted molar refractivity (Wildman–Crippen MR) is 107 cm³/mol. The van der Waals surface area contributed by atoms with Gasteiger partial charge in [0.25, 0.3) is 5.91 Å². The topological polar surface area (TPSA) is 32.3 Å². The molecule has 0 saturated carbocycles. The standard InChI is InChI=1S/C23H24N2O/c1-25(2)17-22(20-11-7-4-8-12-20)24-23(26)21-15-13-19(14-16-21)18-9-5-3-6-10-18/h3-16,22H,17H2,1-2H3,(H,24,26)/t22-/m1/s1. The van der Waals surface area contributed by atoms with Crippen molar-refractivity contribution >= 4 is 5.91 Å². The molecule has 3 nitrogen and oxygen atoms in total. The van der Waals surface area contributed by atoms with Crippen molar-refractivity contribution in [2.24, 2.45) is 0 Å². The maximum absolute atomic E-state index is 12.7. The van der Waals surface area contributed by atoms with Crippen LogP contribution in [0, 0.1) is 0 Å². The van der Waals surface area contributed by atoms with Gasteiger partial charge in [-0.15, -0.1) is 0 Å². The number of hydrogen-bond acceptors (Lipinski definition) is 2. The van der Waals surface area contributed by atoms with Gasteiger partial charge in [0, 0.05) is 12.1 Å². The summed E-state index contributed by atoms with van der Waals surface area (Å²) in [5.41, 5.74) is 4.03. The summed E-state index contributed by atoms with van der Waals surface area (Å²) in [4.78, 5) is 14.8. The number of rotatable bonds is 6. The molecular formula is C23H24N2O. The molecule has 0 unspecified atom stereocenters. The molecule has 3 aromatic rings. The number of carbonyl (C=O) groups is 1. The van der Waals surface area contributed by atoms with E-state index in [1.165, 1.54) is 0 Å². The number of benzene rings is 3. The molecule has 1 atom stereocenters. The van der Waals surface area contributed by atoms with Crippen molar-refractivity contribution in [3.63, 3.8) is 0 Å². The molecule has 0 saturated heterocycles. The van der Waals surface area contributed by atoms with Gasteiger partial charge in [-0.2, -0.15) is 0 Å². The Kier molecular flexibility index (Phi) is 5.82. The molecule has 26 heavy (non-hydrogen) atoms. The maximum atomic E-state index is 12.7. The van der Waals surface area contributed by atoms with Gasteiger partial charge in [0.2, 0.25) is 0 Å². The number of carbonyl (C=O) groups excluding carboxylic acids is 1. The van der Waals surface area contributed by atoms with Crippen LogP contribution in [-0.4, -0.2) is 31.4 Å². The van der Waals surface area contributed by atoms with Crippen LogP contribution in [0.1, 0.15) is 22.0 Å². The monoisotopic (exact) mass is 344 g/mol. The zero-order valence-electron chi connectivity index (χ0n) is 15.2. The SMILES string of the molecule is CN(C)C[C@@H](NC(=O)c1ccc(-c2ccccc2)cc1)c1ccccc1. The first-order valence-electron chi connectivity index (χ1n) is 8.79. The van der Waals surface area contributed by atoms with Crippen molar-refractivity contribution in [3.8, 4) is 11.1 Å². The summed E-state index contributed by atoms with van der Waals surface area (Å²) in [6, 6.07) is 28.0. The molecule has 0 fully saturated rings. The van der Waals surface area contributed by atoms with E-state index in [1.807, 2.05) is 86.9 Å². The molecule has 0 radical (unpaired) electrons. The van der Waals surface area contributed by atoms with Crippen molar-refractivity contribution in [3.05, 3.63) is 96.1 Å². The lowest BCUT2D eigenvalue weighted by Gasteiger charge is -2.23. The van der Waals surface area contributed by atoms with E-state index in [1.54, 1.807) is 0 Å². The van der Waals surface area contributed by atoms with Crippen LogP contribution in [-0.2, 0) is 0 Å². The highest BCUT2D eigenvalue weighted by Crippen LogP contribution is 2.20. The fraction of sp³-hybridized carbons (Fsp3) is 0.174. The quantitative estimate of drug-likeness (QED) is 0.719. The largest absolute Gasteiger partial charge is 0.344 e. The van der Waals surface area contributed by atoms with Crippen LogP contribution >= 0.6 is 0 Å². The summed E-state index contributed by atoms with van der Waals surface area (Å²) in [6.07, 6.45) is 0. The van der Waals surface area contributed by atoms with E-state index in [9.17, 15) is 4.79 Å². The second-order valence-corrected chi connectivity index (χ2v) is 6.64. The first-order chi connectivity index (χ1) is 12.6. The van der Waals surface area contributed by atoms with Gasteiger partial charge in [-0.25, -0.2) is 0 Å². The minimum atomic E-state index is -0.0553. The lowest BCUT2D eigenvalue weighted by molar-refractivity contribution is 0.0930. The highest BCUT2D eigenvalue weighted by molar-refractivity contribution is 5.95. The van der Waals surface area contributed by atoms with Gasteiger partial charge in [0.15, 0.2) is 0 Å². The van der Waals surface area contributed by atoms with Gasteiger partial charge in [-0.1, -0.05) is 72.8 Å². The molecule has 0 aromatic heterocycles. The number of amides is 1. The average molecular weight is 344 g/mol. The van der Waals surface area contributed by atoms with Crippen LogP contribution in [0.3, 0.4) is 0 Å². The average Bonchev–Trinajstić information content (AvgIpc) is 2.68. The molecular weight excluding hydrogens is 320 g/mol. The first-order valence-corrected chi connectivity index (χ1v) is 8.79. The Morgan fingerprint density at radius 1 is 0.808 bits per heavy atom. The normalized spacial score (nSPS) is 12.0. The number of nitrogens with zero attached hydrogens (tertiary/aromatic N) is 1. The molecule has 0 aliphatic rings. The summed E-state index contributed by atoms with van der Waals surface area (Å²) in [6.45, 7) is 0.748. The molecule has 0 aliphatic carbocycles. The Balaban J connectivity index is 1.75.